The number of rotatable bonds is 5. The zero-order valence-corrected chi connectivity index (χ0v) is 18.8. The fourth-order valence-electron chi connectivity index (χ4n) is 3.67. The molecule has 0 bridgehead atoms. The van der Waals surface area contributed by atoms with Gasteiger partial charge in [-0.3, -0.25) is 9.59 Å². The molecule has 3 heterocycles. The second-order valence-corrected chi connectivity index (χ2v) is 8.66. The van der Waals surface area contributed by atoms with Crippen molar-refractivity contribution >= 4 is 34.3 Å². The normalized spacial score (nSPS) is 13.4. The van der Waals surface area contributed by atoms with E-state index >= 15 is 0 Å². The van der Waals surface area contributed by atoms with E-state index in [2.05, 4.69) is 15.1 Å². The Labute approximate surface area is 194 Å². The molecule has 0 atom stereocenters. The quantitative estimate of drug-likeness (QED) is 0.338. The molecule has 5 rings (SSSR count). The van der Waals surface area contributed by atoms with Crippen molar-refractivity contribution in [1.29, 1.82) is 0 Å². The Morgan fingerprint density at radius 3 is 2.61 bits per heavy atom. The molecule has 0 fully saturated rings. The molecule has 0 aliphatic carbocycles. The second kappa shape index (κ2) is 8.99. The number of hydrogen-bond donors (Lipinski definition) is 0. The standard InChI is InChI=1S/C25H21N5O2S/c1-17-11-12-22(26-15-17)30-24(32)19-9-5-6-10-21(19)27-25(30)33-16-23(31)29-14-13-20(28-29)18-7-3-2-4-8-18/h2-12,15H,13-14,16H2,1H3. The van der Waals surface area contributed by atoms with Crippen LogP contribution in [-0.2, 0) is 4.79 Å². The van der Waals surface area contributed by atoms with Gasteiger partial charge in [0.1, 0.15) is 5.82 Å². The van der Waals surface area contributed by atoms with E-state index < -0.39 is 0 Å². The van der Waals surface area contributed by atoms with E-state index in [9.17, 15) is 9.59 Å². The van der Waals surface area contributed by atoms with Crippen molar-refractivity contribution in [2.24, 2.45) is 5.10 Å². The summed E-state index contributed by atoms with van der Waals surface area (Å²) in [6.45, 7) is 2.48. The summed E-state index contributed by atoms with van der Waals surface area (Å²) < 4.78 is 1.47. The van der Waals surface area contributed by atoms with Gasteiger partial charge in [-0.05, 0) is 36.2 Å². The van der Waals surface area contributed by atoms with Crippen molar-refractivity contribution in [3.05, 3.63) is 94.4 Å². The van der Waals surface area contributed by atoms with Gasteiger partial charge in [-0.2, -0.15) is 5.10 Å². The zero-order chi connectivity index (χ0) is 22.8. The maximum absolute atomic E-state index is 13.3. The van der Waals surface area contributed by atoms with E-state index in [1.807, 2.05) is 55.5 Å². The van der Waals surface area contributed by atoms with Crippen LogP contribution in [0.25, 0.3) is 16.7 Å². The van der Waals surface area contributed by atoms with Crippen molar-refractivity contribution in [3.8, 4) is 5.82 Å². The number of carbonyl (C=O) groups is 1. The third kappa shape index (κ3) is 4.29. The molecule has 0 unspecified atom stereocenters. The smallest absolute Gasteiger partial charge is 0.267 e. The fraction of sp³-hybridized carbons (Fsp3) is 0.160. The molecule has 0 spiro atoms. The van der Waals surface area contributed by atoms with Gasteiger partial charge in [-0.25, -0.2) is 19.5 Å². The second-order valence-electron chi connectivity index (χ2n) is 7.71. The Bertz CT molecular complexity index is 1410. The third-order valence-corrected chi connectivity index (χ3v) is 6.31. The van der Waals surface area contributed by atoms with E-state index in [1.54, 1.807) is 24.4 Å². The summed E-state index contributed by atoms with van der Waals surface area (Å²) in [5.41, 5.74) is 3.30. The maximum atomic E-state index is 13.3. The summed E-state index contributed by atoms with van der Waals surface area (Å²) in [6.07, 6.45) is 2.42. The SMILES string of the molecule is Cc1ccc(-n2c(SCC(=O)N3CCC(c4ccccc4)=N3)nc3ccccc3c2=O)nc1. The molecule has 4 aromatic rings. The number of aromatic nitrogens is 3. The lowest BCUT2D eigenvalue weighted by Gasteiger charge is -2.14. The van der Waals surface area contributed by atoms with Crippen LogP contribution in [0.1, 0.15) is 17.5 Å². The van der Waals surface area contributed by atoms with E-state index in [4.69, 9.17) is 0 Å². The van der Waals surface area contributed by atoms with E-state index in [1.165, 1.54) is 21.3 Å². The van der Waals surface area contributed by atoms with Gasteiger partial charge >= 0.3 is 0 Å². The highest BCUT2D eigenvalue weighted by Gasteiger charge is 2.23. The van der Waals surface area contributed by atoms with Crippen molar-refractivity contribution in [1.82, 2.24) is 19.5 Å². The number of hydrazone groups is 1. The molecule has 0 saturated carbocycles. The van der Waals surface area contributed by atoms with Gasteiger partial charge in [0.05, 0.1) is 28.9 Å². The van der Waals surface area contributed by atoms with Gasteiger partial charge < -0.3 is 0 Å². The van der Waals surface area contributed by atoms with Gasteiger partial charge in [-0.15, -0.1) is 0 Å². The predicted molar refractivity (Wildman–Crippen MR) is 130 cm³/mol. The predicted octanol–water partition coefficient (Wildman–Crippen LogP) is 3.82. The average molecular weight is 456 g/mol. The van der Waals surface area contributed by atoms with Crippen LogP contribution in [0.3, 0.4) is 0 Å². The molecule has 0 radical (unpaired) electrons. The Morgan fingerprint density at radius 2 is 1.82 bits per heavy atom. The molecular formula is C25H21N5O2S. The summed E-state index contributed by atoms with van der Waals surface area (Å²) >= 11 is 1.22. The first-order chi connectivity index (χ1) is 16.1. The zero-order valence-electron chi connectivity index (χ0n) is 18.0. The largest absolute Gasteiger partial charge is 0.272 e. The molecule has 8 heteroatoms. The molecule has 0 saturated heterocycles. The summed E-state index contributed by atoms with van der Waals surface area (Å²) in [6, 6.07) is 20.7. The number of thioether (sulfide) groups is 1. The lowest BCUT2D eigenvalue weighted by Crippen LogP contribution is -2.27. The Morgan fingerprint density at radius 1 is 1.03 bits per heavy atom. The van der Waals surface area contributed by atoms with Gasteiger partial charge in [0.2, 0.25) is 0 Å². The number of nitrogens with zero attached hydrogens (tertiary/aromatic N) is 5. The van der Waals surface area contributed by atoms with Crippen molar-refractivity contribution in [3.63, 3.8) is 0 Å². The molecule has 2 aromatic carbocycles. The fourth-order valence-corrected chi connectivity index (χ4v) is 4.54. The lowest BCUT2D eigenvalue weighted by atomic mass is 10.1. The monoisotopic (exact) mass is 455 g/mol. The molecule has 1 aliphatic rings. The minimum absolute atomic E-state index is 0.113. The summed E-state index contributed by atoms with van der Waals surface area (Å²) in [5.74, 6) is 0.462. The molecule has 1 amide bonds. The van der Waals surface area contributed by atoms with Crippen LogP contribution in [-0.4, -0.2) is 43.5 Å². The van der Waals surface area contributed by atoms with Gasteiger partial charge in [0, 0.05) is 12.6 Å². The Hall–Kier alpha value is -3.78. The van der Waals surface area contributed by atoms with Crippen molar-refractivity contribution in [2.75, 3.05) is 12.3 Å². The third-order valence-electron chi connectivity index (χ3n) is 5.39. The maximum Gasteiger partial charge on any atom is 0.267 e. The highest BCUT2D eigenvalue weighted by atomic mass is 32.2. The Balaban J connectivity index is 1.43. The van der Waals surface area contributed by atoms with Crippen LogP contribution >= 0.6 is 11.8 Å². The number of amides is 1. The summed E-state index contributed by atoms with van der Waals surface area (Å²) in [7, 11) is 0. The number of carbonyl (C=O) groups excluding carboxylic acids is 1. The van der Waals surface area contributed by atoms with Gasteiger partial charge in [0.15, 0.2) is 5.16 Å². The van der Waals surface area contributed by atoms with Crippen LogP contribution in [0.2, 0.25) is 0 Å². The number of benzene rings is 2. The highest BCUT2D eigenvalue weighted by molar-refractivity contribution is 7.99. The topological polar surface area (TPSA) is 80.5 Å². The number of pyridine rings is 1. The molecule has 7 nitrogen and oxygen atoms in total. The van der Waals surface area contributed by atoms with Gasteiger partial charge in [-0.1, -0.05) is 60.3 Å². The first-order valence-electron chi connectivity index (χ1n) is 10.6. The molecular weight excluding hydrogens is 434 g/mol. The van der Waals surface area contributed by atoms with Crippen LogP contribution in [0, 0.1) is 6.92 Å². The number of aryl methyl sites for hydroxylation is 1. The van der Waals surface area contributed by atoms with Crippen LogP contribution < -0.4 is 5.56 Å². The summed E-state index contributed by atoms with van der Waals surface area (Å²) in [5, 5.41) is 6.95. The van der Waals surface area contributed by atoms with Crippen molar-refractivity contribution in [2.45, 2.75) is 18.5 Å². The average Bonchev–Trinajstić information content (AvgIpc) is 3.35. The van der Waals surface area contributed by atoms with Crippen molar-refractivity contribution < 1.29 is 4.79 Å². The number of hydrogen-bond acceptors (Lipinski definition) is 6. The summed E-state index contributed by atoms with van der Waals surface area (Å²) in [4.78, 5) is 35.3. The van der Waals surface area contributed by atoms with E-state index in [0.717, 1.165) is 16.8 Å². The van der Waals surface area contributed by atoms with Crippen LogP contribution in [0.4, 0.5) is 0 Å². The highest BCUT2D eigenvalue weighted by Crippen LogP contribution is 2.22. The first kappa shape index (κ1) is 21.1. The van der Waals surface area contributed by atoms with Crippen LogP contribution in [0.5, 0.6) is 0 Å². The Kier molecular flexibility index (Phi) is 5.75. The number of fused-ring (bicyclic) bond motifs is 1. The molecule has 1 aliphatic heterocycles. The van der Waals surface area contributed by atoms with Gasteiger partial charge in [0.25, 0.3) is 11.5 Å². The van der Waals surface area contributed by atoms with Crippen LogP contribution in [0.15, 0.2) is 88.0 Å². The molecule has 164 valence electrons. The molecule has 2 aromatic heterocycles. The minimum atomic E-state index is -0.211. The molecule has 33 heavy (non-hydrogen) atoms. The number of para-hydroxylation sites is 1. The molecule has 0 N–H and O–H groups in total. The van der Waals surface area contributed by atoms with E-state index in [-0.39, 0.29) is 17.2 Å². The first-order valence-corrected chi connectivity index (χ1v) is 11.6. The lowest BCUT2D eigenvalue weighted by molar-refractivity contribution is -0.127. The van der Waals surface area contributed by atoms with E-state index in [0.29, 0.717) is 34.8 Å². The minimum Gasteiger partial charge on any atom is -0.272 e.